The number of hydrogen-bond acceptors (Lipinski definition) is 4. The first-order valence-corrected chi connectivity index (χ1v) is 7.59. The van der Waals surface area contributed by atoms with Crippen LogP contribution >= 0.6 is 0 Å². The molecule has 1 fully saturated rings. The lowest BCUT2D eigenvalue weighted by atomic mass is 9.97. The van der Waals surface area contributed by atoms with Gasteiger partial charge in [0.25, 0.3) is 0 Å². The third-order valence-electron chi connectivity index (χ3n) is 3.68. The van der Waals surface area contributed by atoms with Gasteiger partial charge in [-0.05, 0) is 18.4 Å². The summed E-state index contributed by atoms with van der Waals surface area (Å²) in [6, 6.07) is 10.1. The molecule has 4 heteroatoms. The van der Waals surface area contributed by atoms with Crippen molar-refractivity contribution < 1.29 is 19.0 Å². The summed E-state index contributed by atoms with van der Waals surface area (Å²) in [5.74, 6) is 0.000649. The molecule has 116 valence electrons. The van der Waals surface area contributed by atoms with Gasteiger partial charge in [-0.25, -0.2) is 0 Å². The Morgan fingerprint density at radius 2 is 2.10 bits per heavy atom. The minimum Gasteiger partial charge on any atom is -0.436 e. The molecule has 0 N–H and O–H groups in total. The van der Waals surface area contributed by atoms with Crippen molar-refractivity contribution in [3.05, 3.63) is 35.9 Å². The molecule has 1 unspecified atom stereocenters. The van der Waals surface area contributed by atoms with Gasteiger partial charge in [-0.2, -0.15) is 0 Å². The van der Waals surface area contributed by atoms with E-state index < -0.39 is 6.29 Å². The molecule has 1 aliphatic rings. The fraction of sp³-hybridized carbons (Fsp3) is 0.588. The lowest BCUT2D eigenvalue weighted by molar-refractivity contribution is -0.209. The van der Waals surface area contributed by atoms with E-state index in [2.05, 4.69) is 19.1 Å². The number of ether oxygens (including phenoxy) is 3. The van der Waals surface area contributed by atoms with Crippen LogP contribution in [0.2, 0.25) is 0 Å². The van der Waals surface area contributed by atoms with Crippen molar-refractivity contribution in [2.45, 2.75) is 52.1 Å². The summed E-state index contributed by atoms with van der Waals surface area (Å²) in [4.78, 5) is 11.0. The van der Waals surface area contributed by atoms with E-state index in [1.54, 1.807) is 0 Å². The topological polar surface area (TPSA) is 44.8 Å². The van der Waals surface area contributed by atoms with Crippen LogP contribution in [0, 0.1) is 5.92 Å². The van der Waals surface area contributed by atoms with Gasteiger partial charge in [0, 0.05) is 19.3 Å². The minimum absolute atomic E-state index is 0.0962. The average molecular weight is 292 g/mol. The Balaban J connectivity index is 1.72. The molecular formula is C17H24O4. The van der Waals surface area contributed by atoms with Crippen LogP contribution < -0.4 is 0 Å². The molecule has 0 aromatic heterocycles. The van der Waals surface area contributed by atoms with Gasteiger partial charge in [-0.3, -0.25) is 4.79 Å². The van der Waals surface area contributed by atoms with E-state index in [9.17, 15) is 4.79 Å². The maximum Gasteiger partial charge on any atom is 0.304 e. The summed E-state index contributed by atoms with van der Waals surface area (Å²) < 4.78 is 16.7. The van der Waals surface area contributed by atoms with Gasteiger partial charge in [-0.1, -0.05) is 37.3 Å². The second kappa shape index (κ2) is 8.15. The Morgan fingerprint density at radius 3 is 2.81 bits per heavy atom. The minimum atomic E-state index is -0.391. The fourth-order valence-corrected chi connectivity index (χ4v) is 2.55. The molecule has 21 heavy (non-hydrogen) atoms. The van der Waals surface area contributed by atoms with Crippen molar-refractivity contribution >= 4 is 5.97 Å². The standard InChI is InChI=1S/C17H24O4/c1-13(11-19-12-15-7-4-3-5-8-15)16-9-6-10-17(21-16)20-14(2)18/h3-5,7-8,13,16-17H,6,9-12H2,1-2H3/t13-,16-,17?/m0/s1. The second-order valence-electron chi connectivity index (χ2n) is 5.62. The number of carbonyl (C=O) groups is 1. The maximum absolute atomic E-state index is 11.0. The van der Waals surface area contributed by atoms with Crippen LogP contribution in [0.15, 0.2) is 30.3 Å². The predicted molar refractivity (Wildman–Crippen MR) is 79.5 cm³/mol. The van der Waals surface area contributed by atoms with Crippen LogP contribution in [0.1, 0.15) is 38.7 Å². The molecule has 0 aliphatic carbocycles. The summed E-state index contributed by atoms with van der Waals surface area (Å²) in [5, 5.41) is 0. The van der Waals surface area contributed by atoms with Gasteiger partial charge in [0.05, 0.1) is 19.3 Å². The third-order valence-corrected chi connectivity index (χ3v) is 3.68. The number of benzene rings is 1. The van der Waals surface area contributed by atoms with Gasteiger partial charge in [0.1, 0.15) is 0 Å². The van der Waals surface area contributed by atoms with E-state index in [0.717, 1.165) is 19.3 Å². The van der Waals surface area contributed by atoms with Crippen LogP contribution in [-0.2, 0) is 25.6 Å². The summed E-state index contributed by atoms with van der Waals surface area (Å²) in [7, 11) is 0. The molecule has 0 bridgehead atoms. The molecule has 3 atom stereocenters. The van der Waals surface area contributed by atoms with Crippen LogP contribution in [-0.4, -0.2) is 25.0 Å². The van der Waals surface area contributed by atoms with Gasteiger partial charge in [0.15, 0.2) is 0 Å². The summed E-state index contributed by atoms with van der Waals surface area (Å²) in [6.07, 6.45) is 2.50. The highest BCUT2D eigenvalue weighted by atomic mass is 16.7. The largest absolute Gasteiger partial charge is 0.436 e. The molecule has 0 spiro atoms. The van der Waals surface area contributed by atoms with E-state index in [4.69, 9.17) is 14.2 Å². The van der Waals surface area contributed by atoms with Crippen LogP contribution in [0.5, 0.6) is 0 Å². The van der Waals surface area contributed by atoms with E-state index in [1.165, 1.54) is 12.5 Å². The Labute approximate surface area is 126 Å². The average Bonchev–Trinajstić information content (AvgIpc) is 2.48. The Morgan fingerprint density at radius 1 is 1.33 bits per heavy atom. The molecule has 1 aliphatic heterocycles. The normalized spacial score (nSPS) is 23.5. The fourth-order valence-electron chi connectivity index (χ4n) is 2.55. The van der Waals surface area contributed by atoms with Crippen molar-refractivity contribution in [3.8, 4) is 0 Å². The van der Waals surface area contributed by atoms with Crippen molar-refractivity contribution in [3.63, 3.8) is 0 Å². The molecular weight excluding hydrogens is 268 g/mol. The van der Waals surface area contributed by atoms with Gasteiger partial charge >= 0.3 is 5.97 Å². The molecule has 1 aromatic carbocycles. The number of carbonyl (C=O) groups excluding carboxylic acids is 1. The molecule has 2 rings (SSSR count). The highest BCUT2D eigenvalue weighted by Crippen LogP contribution is 2.25. The van der Waals surface area contributed by atoms with E-state index in [-0.39, 0.29) is 18.0 Å². The number of esters is 1. The number of hydrogen-bond donors (Lipinski definition) is 0. The molecule has 0 radical (unpaired) electrons. The van der Waals surface area contributed by atoms with Gasteiger partial charge in [0.2, 0.25) is 6.29 Å². The van der Waals surface area contributed by atoms with Gasteiger partial charge < -0.3 is 14.2 Å². The van der Waals surface area contributed by atoms with Crippen molar-refractivity contribution in [1.29, 1.82) is 0 Å². The first-order valence-electron chi connectivity index (χ1n) is 7.59. The molecule has 4 nitrogen and oxygen atoms in total. The number of rotatable bonds is 6. The van der Waals surface area contributed by atoms with Crippen LogP contribution in [0.4, 0.5) is 0 Å². The van der Waals surface area contributed by atoms with E-state index in [0.29, 0.717) is 13.2 Å². The molecule has 1 heterocycles. The lowest BCUT2D eigenvalue weighted by Gasteiger charge is -2.32. The van der Waals surface area contributed by atoms with E-state index in [1.807, 2.05) is 18.2 Å². The quantitative estimate of drug-likeness (QED) is 0.755. The summed E-state index contributed by atoms with van der Waals surface area (Å²) in [6.45, 7) is 4.79. The Hall–Kier alpha value is -1.39. The zero-order valence-electron chi connectivity index (χ0n) is 12.8. The second-order valence-corrected chi connectivity index (χ2v) is 5.62. The maximum atomic E-state index is 11.0. The highest BCUT2D eigenvalue weighted by Gasteiger charge is 2.28. The molecule has 1 aromatic rings. The lowest BCUT2D eigenvalue weighted by Crippen LogP contribution is -2.36. The first-order chi connectivity index (χ1) is 10.1. The Bertz CT molecular complexity index is 432. The van der Waals surface area contributed by atoms with Crippen molar-refractivity contribution in [2.24, 2.45) is 5.92 Å². The molecule has 1 saturated heterocycles. The summed E-state index contributed by atoms with van der Waals surface area (Å²) >= 11 is 0. The zero-order valence-corrected chi connectivity index (χ0v) is 12.8. The zero-order chi connectivity index (χ0) is 15.1. The highest BCUT2D eigenvalue weighted by molar-refractivity contribution is 5.66. The molecule has 0 saturated carbocycles. The van der Waals surface area contributed by atoms with Gasteiger partial charge in [-0.15, -0.1) is 0 Å². The van der Waals surface area contributed by atoms with Crippen molar-refractivity contribution in [1.82, 2.24) is 0 Å². The smallest absolute Gasteiger partial charge is 0.304 e. The van der Waals surface area contributed by atoms with Crippen LogP contribution in [0.25, 0.3) is 0 Å². The third kappa shape index (κ3) is 5.48. The Kier molecular flexibility index (Phi) is 6.21. The monoisotopic (exact) mass is 292 g/mol. The van der Waals surface area contributed by atoms with Crippen LogP contribution in [0.3, 0.4) is 0 Å². The molecule has 0 amide bonds. The van der Waals surface area contributed by atoms with Crippen molar-refractivity contribution in [2.75, 3.05) is 6.61 Å². The van der Waals surface area contributed by atoms with E-state index >= 15 is 0 Å². The first kappa shape index (κ1) is 16.0. The summed E-state index contributed by atoms with van der Waals surface area (Å²) in [5.41, 5.74) is 1.17. The predicted octanol–water partition coefficient (Wildman–Crippen LogP) is 3.30. The SMILES string of the molecule is CC(=O)OC1CCC[C@@H]([C@@H](C)COCc2ccccc2)O1.